The summed E-state index contributed by atoms with van der Waals surface area (Å²) in [5, 5.41) is 3.30. The van der Waals surface area contributed by atoms with E-state index in [1.807, 2.05) is 0 Å². The van der Waals surface area contributed by atoms with Crippen molar-refractivity contribution in [3.63, 3.8) is 0 Å². The van der Waals surface area contributed by atoms with Gasteiger partial charge < -0.3 is 10.1 Å². The summed E-state index contributed by atoms with van der Waals surface area (Å²) in [5.74, 6) is -0.423. The van der Waals surface area contributed by atoms with E-state index in [9.17, 15) is 4.79 Å². The molecule has 0 spiro atoms. The summed E-state index contributed by atoms with van der Waals surface area (Å²) in [6.07, 6.45) is 0. The molecule has 0 atom stereocenters. The Labute approximate surface area is 81.7 Å². The SMILES string of the molecule is CNc1ccc(C(=O)OC)c(Cl)c1. The van der Waals surface area contributed by atoms with Gasteiger partial charge in [-0.15, -0.1) is 0 Å². The highest BCUT2D eigenvalue weighted by atomic mass is 35.5. The molecule has 0 unspecified atom stereocenters. The van der Waals surface area contributed by atoms with Crippen molar-refractivity contribution in [3.05, 3.63) is 28.8 Å². The quantitative estimate of drug-likeness (QED) is 0.742. The molecule has 1 rings (SSSR count). The van der Waals surface area contributed by atoms with Crippen LogP contribution in [0.2, 0.25) is 5.02 Å². The minimum atomic E-state index is -0.423. The van der Waals surface area contributed by atoms with Gasteiger partial charge in [-0.1, -0.05) is 11.6 Å². The van der Waals surface area contributed by atoms with Crippen molar-refractivity contribution in [2.24, 2.45) is 0 Å². The van der Waals surface area contributed by atoms with Gasteiger partial charge >= 0.3 is 5.97 Å². The smallest absolute Gasteiger partial charge is 0.339 e. The van der Waals surface area contributed by atoms with Crippen LogP contribution in [0.1, 0.15) is 10.4 Å². The number of hydrogen-bond donors (Lipinski definition) is 1. The normalized spacial score (nSPS) is 9.46. The molecule has 0 saturated heterocycles. The Bertz CT molecular complexity index is 325. The third-order valence-electron chi connectivity index (χ3n) is 1.66. The van der Waals surface area contributed by atoms with E-state index < -0.39 is 5.97 Å². The topological polar surface area (TPSA) is 38.3 Å². The van der Waals surface area contributed by atoms with Gasteiger partial charge in [0.05, 0.1) is 17.7 Å². The van der Waals surface area contributed by atoms with E-state index in [2.05, 4.69) is 10.1 Å². The molecule has 70 valence electrons. The lowest BCUT2D eigenvalue weighted by molar-refractivity contribution is 0.0601. The molecule has 0 fully saturated rings. The van der Waals surface area contributed by atoms with Crippen molar-refractivity contribution >= 4 is 23.3 Å². The minimum Gasteiger partial charge on any atom is -0.465 e. The zero-order valence-electron chi connectivity index (χ0n) is 7.43. The molecular weight excluding hydrogens is 190 g/mol. The predicted octanol–water partition coefficient (Wildman–Crippen LogP) is 2.17. The van der Waals surface area contributed by atoms with Crippen LogP contribution in [0, 0.1) is 0 Å². The number of carbonyl (C=O) groups is 1. The Morgan fingerprint density at radius 2 is 2.23 bits per heavy atom. The molecular formula is C9H10ClNO2. The van der Waals surface area contributed by atoms with Gasteiger partial charge in [0, 0.05) is 12.7 Å². The molecule has 1 aromatic rings. The monoisotopic (exact) mass is 199 g/mol. The first-order chi connectivity index (χ1) is 6.19. The fraction of sp³-hybridized carbons (Fsp3) is 0.222. The number of carbonyl (C=O) groups excluding carboxylic acids is 1. The van der Waals surface area contributed by atoms with Crippen LogP contribution >= 0.6 is 11.6 Å². The number of ether oxygens (including phenoxy) is 1. The molecule has 0 aliphatic rings. The summed E-state index contributed by atoms with van der Waals surface area (Å²) in [6.45, 7) is 0. The van der Waals surface area contributed by atoms with E-state index in [1.165, 1.54) is 7.11 Å². The number of anilines is 1. The second-order valence-corrected chi connectivity index (χ2v) is 2.84. The number of rotatable bonds is 2. The highest BCUT2D eigenvalue weighted by molar-refractivity contribution is 6.33. The van der Waals surface area contributed by atoms with Gasteiger partial charge in [0.2, 0.25) is 0 Å². The van der Waals surface area contributed by atoms with Crippen LogP contribution in [0.3, 0.4) is 0 Å². The van der Waals surface area contributed by atoms with Crippen molar-refractivity contribution < 1.29 is 9.53 Å². The number of esters is 1. The average Bonchev–Trinajstić information content (AvgIpc) is 2.16. The molecule has 0 heterocycles. The van der Waals surface area contributed by atoms with Crippen LogP contribution < -0.4 is 5.32 Å². The van der Waals surface area contributed by atoms with E-state index in [4.69, 9.17) is 11.6 Å². The van der Waals surface area contributed by atoms with Gasteiger partial charge in [0.1, 0.15) is 0 Å². The fourth-order valence-corrected chi connectivity index (χ4v) is 1.20. The van der Waals surface area contributed by atoms with Crippen molar-refractivity contribution in [2.45, 2.75) is 0 Å². The molecule has 0 saturated carbocycles. The van der Waals surface area contributed by atoms with Gasteiger partial charge in [0.15, 0.2) is 0 Å². The van der Waals surface area contributed by atoms with Gasteiger partial charge in [-0.25, -0.2) is 4.79 Å². The maximum Gasteiger partial charge on any atom is 0.339 e. The van der Waals surface area contributed by atoms with Crippen LogP contribution in [-0.4, -0.2) is 20.1 Å². The van der Waals surface area contributed by atoms with Crippen molar-refractivity contribution in [2.75, 3.05) is 19.5 Å². The molecule has 0 radical (unpaired) electrons. The largest absolute Gasteiger partial charge is 0.465 e. The van der Waals surface area contributed by atoms with E-state index in [-0.39, 0.29) is 0 Å². The first-order valence-electron chi connectivity index (χ1n) is 3.74. The fourth-order valence-electron chi connectivity index (χ4n) is 0.946. The molecule has 0 amide bonds. The Balaban J connectivity index is 3.05. The summed E-state index contributed by atoms with van der Waals surface area (Å²) >= 11 is 5.84. The molecule has 0 bridgehead atoms. The lowest BCUT2D eigenvalue weighted by Gasteiger charge is -2.04. The summed E-state index contributed by atoms with van der Waals surface area (Å²) in [6, 6.07) is 5.06. The number of hydrogen-bond acceptors (Lipinski definition) is 3. The minimum absolute atomic E-state index is 0.378. The van der Waals surface area contributed by atoms with Gasteiger partial charge in [-0.2, -0.15) is 0 Å². The van der Waals surface area contributed by atoms with Gasteiger partial charge in [-0.05, 0) is 18.2 Å². The summed E-state index contributed by atoms with van der Waals surface area (Å²) in [7, 11) is 3.11. The Hall–Kier alpha value is -1.22. The first-order valence-corrected chi connectivity index (χ1v) is 4.12. The van der Waals surface area contributed by atoms with Crippen molar-refractivity contribution in [3.8, 4) is 0 Å². The zero-order chi connectivity index (χ0) is 9.84. The molecule has 0 aromatic heterocycles. The number of methoxy groups -OCH3 is 1. The second kappa shape index (κ2) is 4.14. The second-order valence-electron chi connectivity index (χ2n) is 2.44. The van der Waals surface area contributed by atoms with Crippen LogP contribution in [0.5, 0.6) is 0 Å². The lowest BCUT2D eigenvalue weighted by Crippen LogP contribution is -2.02. The predicted molar refractivity (Wildman–Crippen MR) is 52.3 cm³/mol. The van der Waals surface area contributed by atoms with E-state index >= 15 is 0 Å². The van der Waals surface area contributed by atoms with E-state index in [0.717, 1.165) is 5.69 Å². The Morgan fingerprint density at radius 3 is 2.69 bits per heavy atom. The molecule has 1 N–H and O–H groups in total. The molecule has 1 aromatic carbocycles. The number of benzene rings is 1. The Morgan fingerprint density at radius 1 is 1.54 bits per heavy atom. The van der Waals surface area contributed by atoms with Crippen LogP contribution in [0.15, 0.2) is 18.2 Å². The third kappa shape index (κ3) is 2.12. The lowest BCUT2D eigenvalue weighted by atomic mass is 10.2. The zero-order valence-corrected chi connectivity index (χ0v) is 8.18. The van der Waals surface area contributed by atoms with Crippen molar-refractivity contribution in [1.82, 2.24) is 0 Å². The number of halogens is 1. The highest BCUT2D eigenvalue weighted by Crippen LogP contribution is 2.21. The molecule has 3 nitrogen and oxygen atoms in total. The van der Waals surface area contributed by atoms with E-state index in [1.54, 1.807) is 25.2 Å². The standard InChI is InChI=1S/C9H10ClNO2/c1-11-6-3-4-7(8(10)5-6)9(12)13-2/h3-5,11H,1-2H3. The van der Waals surface area contributed by atoms with Crippen LogP contribution in [0.25, 0.3) is 0 Å². The molecule has 13 heavy (non-hydrogen) atoms. The summed E-state index contributed by atoms with van der Waals surface area (Å²) < 4.78 is 4.55. The summed E-state index contributed by atoms with van der Waals surface area (Å²) in [5.41, 5.74) is 1.24. The average molecular weight is 200 g/mol. The number of nitrogens with one attached hydrogen (secondary N) is 1. The maximum absolute atomic E-state index is 11.1. The first kappa shape index (κ1) is 9.86. The van der Waals surface area contributed by atoms with E-state index in [0.29, 0.717) is 10.6 Å². The summed E-state index contributed by atoms with van der Waals surface area (Å²) in [4.78, 5) is 11.1. The van der Waals surface area contributed by atoms with Crippen LogP contribution in [-0.2, 0) is 4.74 Å². The molecule has 0 aliphatic heterocycles. The van der Waals surface area contributed by atoms with Crippen molar-refractivity contribution in [1.29, 1.82) is 0 Å². The van der Waals surface area contributed by atoms with Crippen LogP contribution in [0.4, 0.5) is 5.69 Å². The van der Waals surface area contributed by atoms with Gasteiger partial charge in [-0.3, -0.25) is 0 Å². The third-order valence-corrected chi connectivity index (χ3v) is 1.98. The maximum atomic E-state index is 11.1. The van der Waals surface area contributed by atoms with Gasteiger partial charge in [0.25, 0.3) is 0 Å². The molecule has 4 heteroatoms. The molecule has 0 aliphatic carbocycles. The Kier molecular flexibility index (Phi) is 3.14. The highest BCUT2D eigenvalue weighted by Gasteiger charge is 2.09.